The van der Waals surface area contributed by atoms with Crippen LogP contribution in [0.25, 0.3) is 0 Å². The van der Waals surface area contributed by atoms with Crippen molar-refractivity contribution in [2.24, 2.45) is 5.92 Å². The van der Waals surface area contributed by atoms with Crippen LogP contribution in [0.5, 0.6) is 5.75 Å². The van der Waals surface area contributed by atoms with Gasteiger partial charge in [-0.25, -0.2) is 10.2 Å². The predicted molar refractivity (Wildman–Crippen MR) is 103 cm³/mol. The van der Waals surface area contributed by atoms with Gasteiger partial charge in [-0.05, 0) is 25.8 Å². The molecule has 2 unspecified atom stereocenters. The lowest BCUT2D eigenvalue weighted by Crippen LogP contribution is -2.52. The van der Waals surface area contributed by atoms with Gasteiger partial charge in [0.1, 0.15) is 5.75 Å². The number of benzene rings is 1. The number of amides is 3. The fraction of sp³-hybridized carbons (Fsp3) is 0.550. The Labute approximate surface area is 165 Å². The highest BCUT2D eigenvalue weighted by molar-refractivity contribution is 5.86. The maximum atomic E-state index is 12.9. The second-order valence-electron chi connectivity index (χ2n) is 6.61. The number of unbranched alkanes of at least 4 members (excludes halogenated alkanes) is 1. The molecule has 1 aliphatic heterocycles. The van der Waals surface area contributed by atoms with Gasteiger partial charge in [-0.15, -0.1) is 0 Å². The van der Waals surface area contributed by atoms with Gasteiger partial charge in [-0.1, -0.05) is 31.5 Å². The fourth-order valence-electron chi connectivity index (χ4n) is 3.49. The lowest BCUT2D eigenvalue weighted by Gasteiger charge is -2.41. The lowest BCUT2D eigenvalue weighted by molar-refractivity contribution is -0.143. The number of methoxy groups -OCH3 is 1. The topological polar surface area (TPSA) is 97.0 Å². The van der Waals surface area contributed by atoms with Crippen molar-refractivity contribution >= 4 is 17.9 Å². The molecule has 1 aromatic carbocycles. The summed E-state index contributed by atoms with van der Waals surface area (Å²) < 4.78 is 10.3. The largest absolute Gasteiger partial charge is 0.496 e. The average Bonchev–Trinajstić information content (AvgIpc) is 2.71. The Morgan fingerprint density at radius 2 is 1.96 bits per heavy atom. The van der Waals surface area contributed by atoms with Crippen molar-refractivity contribution < 1.29 is 23.9 Å². The zero-order valence-corrected chi connectivity index (χ0v) is 16.7. The van der Waals surface area contributed by atoms with Gasteiger partial charge in [-0.3, -0.25) is 15.0 Å². The van der Waals surface area contributed by atoms with Crippen LogP contribution in [0.4, 0.5) is 4.79 Å². The highest BCUT2D eigenvalue weighted by Gasteiger charge is 2.41. The van der Waals surface area contributed by atoms with E-state index in [9.17, 15) is 14.4 Å². The number of para-hydroxylation sites is 1. The van der Waals surface area contributed by atoms with Crippen LogP contribution in [0.3, 0.4) is 0 Å². The monoisotopic (exact) mass is 391 g/mol. The average molecular weight is 391 g/mol. The summed E-state index contributed by atoms with van der Waals surface area (Å²) in [7, 11) is 1.57. The van der Waals surface area contributed by atoms with E-state index in [1.54, 1.807) is 18.9 Å². The van der Waals surface area contributed by atoms with E-state index in [0.29, 0.717) is 18.7 Å². The number of rotatable bonds is 7. The van der Waals surface area contributed by atoms with Gasteiger partial charge in [0.2, 0.25) is 11.8 Å². The van der Waals surface area contributed by atoms with Gasteiger partial charge >= 0.3 is 6.09 Å². The van der Waals surface area contributed by atoms with Crippen molar-refractivity contribution in [3.63, 3.8) is 0 Å². The number of nitrogens with zero attached hydrogens (tertiary/aromatic N) is 1. The third-order valence-electron chi connectivity index (χ3n) is 4.82. The molecule has 1 saturated heterocycles. The molecular formula is C20H29N3O5. The number of likely N-dealkylation sites (tertiary alicyclic amines) is 1. The Morgan fingerprint density at radius 1 is 1.21 bits per heavy atom. The Morgan fingerprint density at radius 3 is 2.64 bits per heavy atom. The maximum Gasteiger partial charge on any atom is 0.426 e. The quantitative estimate of drug-likeness (QED) is 0.696. The molecule has 0 spiro atoms. The zero-order valence-electron chi connectivity index (χ0n) is 16.7. The molecule has 2 atom stereocenters. The third-order valence-corrected chi connectivity index (χ3v) is 4.82. The number of nitrogens with one attached hydrogen (secondary N) is 2. The molecule has 1 aromatic rings. The molecule has 8 nitrogen and oxygen atoms in total. The Bertz CT molecular complexity index is 694. The smallest absolute Gasteiger partial charge is 0.426 e. The lowest BCUT2D eigenvalue weighted by atomic mass is 9.83. The van der Waals surface area contributed by atoms with Crippen LogP contribution in [0.15, 0.2) is 24.3 Å². The van der Waals surface area contributed by atoms with Crippen molar-refractivity contribution in [2.45, 2.75) is 45.6 Å². The highest BCUT2D eigenvalue weighted by atomic mass is 16.6. The van der Waals surface area contributed by atoms with Gasteiger partial charge in [-0.2, -0.15) is 0 Å². The minimum atomic E-state index is -0.723. The number of piperidine rings is 1. The first-order valence-electron chi connectivity index (χ1n) is 9.68. The van der Waals surface area contributed by atoms with Crippen LogP contribution in [0.1, 0.15) is 51.1 Å². The number of hydrogen-bond acceptors (Lipinski definition) is 5. The minimum absolute atomic E-state index is 0.0201. The minimum Gasteiger partial charge on any atom is -0.496 e. The number of carbonyl (C=O) groups is 3. The van der Waals surface area contributed by atoms with Crippen molar-refractivity contribution in [2.75, 3.05) is 20.3 Å². The third kappa shape index (κ3) is 5.15. The van der Waals surface area contributed by atoms with E-state index >= 15 is 0 Å². The molecule has 1 fully saturated rings. The number of carbonyl (C=O) groups excluding carboxylic acids is 3. The summed E-state index contributed by atoms with van der Waals surface area (Å²) in [5.41, 5.74) is 5.46. The molecule has 28 heavy (non-hydrogen) atoms. The highest BCUT2D eigenvalue weighted by Crippen LogP contribution is 2.40. The van der Waals surface area contributed by atoms with Crippen LogP contribution in [0.2, 0.25) is 0 Å². The standard InChI is InChI=1S/C20H29N3O5/c1-4-6-13-23-17(24)12-11-15(19(25)21-22-20(26)28-5-2)18(23)14-9-7-8-10-16(14)27-3/h7-10,15,18H,4-6,11-13H2,1-3H3,(H,21,25)(H,22,26). The van der Waals surface area contributed by atoms with Crippen molar-refractivity contribution in [3.8, 4) is 5.75 Å². The zero-order chi connectivity index (χ0) is 20.5. The summed E-state index contributed by atoms with van der Waals surface area (Å²) in [4.78, 5) is 38.8. The summed E-state index contributed by atoms with van der Waals surface area (Å²) in [6, 6.07) is 6.94. The molecule has 154 valence electrons. The number of ether oxygens (including phenoxy) is 2. The summed E-state index contributed by atoms with van der Waals surface area (Å²) in [6.45, 7) is 4.50. The van der Waals surface area contributed by atoms with Gasteiger partial charge < -0.3 is 14.4 Å². The van der Waals surface area contributed by atoms with Crippen LogP contribution in [-0.2, 0) is 14.3 Å². The van der Waals surface area contributed by atoms with Gasteiger partial charge in [0.25, 0.3) is 0 Å². The Kier molecular flexibility index (Phi) is 8.10. The molecular weight excluding hydrogens is 362 g/mol. The van der Waals surface area contributed by atoms with E-state index in [0.717, 1.165) is 18.4 Å². The molecule has 0 bridgehead atoms. The molecule has 3 amide bonds. The molecule has 1 aliphatic rings. The first kappa shape index (κ1) is 21.5. The summed E-state index contributed by atoms with van der Waals surface area (Å²) in [5.74, 6) is -0.239. The van der Waals surface area contributed by atoms with Gasteiger partial charge in [0, 0.05) is 18.5 Å². The fourth-order valence-corrected chi connectivity index (χ4v) is 3.49. The van der Waals surface area contributed by atoms with E-state index in [4.69, 9.17) is 9.47 Å². The number of hydrazine groups is 1. The first-order valence-corrected chi connectivity index (χ1v) is 9.68. The molecule has 1 heterocycles. The molecule has 0 saturated carbocycles. The van der Waals surface area contributed by atoms with Crippen LogP contribution >= 0.6 is 0 Å². The number of hydrogen-bond donors (Lipinski definition) is 2. The SMILES string of the molecule is CCCCN1C(=O)CCC(C(=O)NNC(=O)OCC)C1c1ccccc1OC. The molecule has 8 heteroatoms. The van der Waals surface area contributed by atoms with Gasteiger partial charge in [0.05, 0.1) is 25.7 Å². The van der Waals surface area contributed by atoms with E-state index < -0.39 is 18.1 Å². The molecule has 0 aromatic heterocycles. The second-order valence-corrected chi connectivity index (χ2v) is 6.61. The first-order chi connectivity index (χ1) is 13.5. The summed E-state index contributed by atoms with van der Waals surface area (Å²) >= 11 is 0. The Balaban J connectivity index is 2.31. The van der Waals surface area contributed by atoms with Crippen molar-refractivity contribution in [1.82, 2.24) is 15.8 Å². The molecule has 2 rings (SSSR count). The predicted octanol–water partition coefficient (Wildman–Crippen LogP) is 2.55. The van der Waals surface area contributed by atoms with Crippen LogP contribution < -0.4 is 15.6 Å². The van der Waals surface area contributed by atoms with Gasteiger partial charge in [0.15, 0.2) is 0 Å². The summed E-state index contributed by atoms with van der Waals surface area (Å²) in [5, 5.41) is 0. The van der Waals surface area contributed by atoms with E-state index in [2.05, 4.69) is 17.8 Å². The normalized spacial score (nSPS) is 19.1. The van der Waals surface area contributed by atoms with Crippen LogP contribution in [-0.4, -0.2) is 43.1 Å². The Hall–Kier alpha value is -2.77. The molecule has 0 radical (unpaired) electrons. The summed E-state index contributed by atoms with van der Waals surface area (Å²) in [6.07, 6.45) is 1.73. The maximum absolute atomic E-state index is 12.9. The second kappa shape index (κ2) is 10.5. The van der Waals surface area contributed by atoms with E-state index in [1.165, 1.54) is 0 Å². The van der Waals surface area contributed by atoms with Crippen LogP contribution in [0, 0.1) is 5.92 Å². The van der Waals surface area contributed by atoms with Crippen molar-refractivity contribution in [1.29, 1.82) is 0 Å². The van der Waals surface area contributed by atoms with Crippen molar-refractivity contribution in [3.05, 3.63) is 29.8 Å². The van der Waals surface area contributed by atoms with E-state index in [1.807, 2.05) is 24.3 Å². The van der Waals surface area contributed by atoms with E-state index in [-0.39, 0.29) is 24.8 Å². The molecule has 2 N–H and O–H groups in total. The molecule has 0 aliphatic carbocycles.